The lowest BCUT2D eigenvalue weighted by Gasteiger charge is -2.20. The standard InChI is InChI=1S/C42H32N2/c1-29-14-4-2-7-18-34-32(25-24-30-15-8-9-19-33(30)34)28-38(29)36-26-27-40(37-21-11-10-20-35(36)37)44-41-23-13-12-22-39(41)43-42(44)31-16-5-3-6-17-31/h2-17,19-29H,18H2,1H3/b7-2-,14-4-,38-28+. The number of hydrogen-bond donors (Lipinski definition) is 0. The molecule has 7 aromatic rings. The Labute approximate surface area is 257 Å². The number of allylic oxidation sites excluding steroid dienone is 5. The van der Waals surface area contributed by atoms with Crippen molar-refractivity contribution in [3.8, 4) is 17.1 Å². The Balaban J connectivity index is 1.38. The van der Waals surface area contributed by atoms with E-state index in [9.17, 15) is 0 Å². The number of hydrogen-bond acceptors (Lipinski definition) is 1. The minimum Gasteiger partial charge on any atom is -0.292 e. The van der Waals surface area contributed by atoms with Crippen molar-refractivity contribution in [3.05, 3.63) is 168 Å². The van der Waals surface area contributed by atoms with Crippen LogP contribution in [0.3, 0.4) is 0 Å². The molecule has 2 nitrogen and oxygen atoms in total. The molecule has 44 heavy (non-hydrogen) atoms. The van der Waals surface area contributed by atoms with Gasteiger partial charge in [-0.1, -0.05) is 146 Å². The number of aromatic nitrogens is 2. The maximum absolute atomic E-state index is 5.12. The van der Waals surface area contributed by atoms with Crippen molar-refractivity contribution in [2.75, 3.05) is 0 Å². The van der Waals surface area contributed by atoms with Crippen molar-refractivity contribution in [1.82, 2.24) is 9.55 Å². The number of fused-ring (bicyclic) bond motifs is 5. The Kier molecular flexibility index (Phi) is 6.53. The van der Waals surface area contributed by atoms with Crippen molar-refractivity contribution >= 4 is 44.2 Å². The molecule has 0 spiro atoms. The summed E-state index contributed by atoms with van der Waals surface area (Å²) < 4.78 is 2.33. The summed E-state index contributed by atoms with van der Waals surface area (Å²) in [5.41, 5.74) is 9.56. The van der Waals surface area contributed by atoms with Gasteiger partial charge in [0.25, 0.3) is 0 Å². The minimum atomic E-state index is 0.222. The number of benzene rings is 6. The number of rotatable bonds is 3. The van der Waals surface area contributed by atoms with Gasteiger partial charge in [0.2, 0.25) is 0 Å². The van der Waals surface area contributed by atoms with Crippen molar-refractivity contribution < 1.29 is 0 Å². The van der Waals surface area contributed by atoms with Crippen LogP contribution in [0, 0.1) is 5.92 Å². The van der Waals surface area contributed by atoms with Crippen LogP contribution in [0.2, 0.25) is 0 Å². The number of imidazole rings is 1. The van der Waals surface area contributed by atoms with Gasteiger partial charge < -0.3 is 0 Å². The Morgan fingerprint density at radius 1 is 0.659 bits per heavy atom. The summed E-state index contributed by atoms with van der Waals surface area (Å²) in [5, 5.41) is 5.05. The molecule has 1 heterocycles. The molecular weight excluding hydrogens is 532 g/mol. The third kappa shape index (κ3) is 4.47. The van der Waals surface area contributed by atoms with Gasteiger partial charge in [-0.25, -0.2) is 4.98 Å². The van der Waals surface area contributed by atoms with E-state index in [1.54, 1.807) is 0 Å². The molecule has 1 aliphatic carbocycles. The first-order chi connectivity index (χ1) is 21.8. The van der Waals surface area contributed by atoms with Crippen LogP contribution in [0.15, 0.2) is 152 Å². The van der Waals surface area contributed by atoms with E-state index in [1.807, 2.05) is 0 Å². The lowest BCUT2D eigenvalue weighted by molar-refractivity contribution is 0.969. The molecule has 2 heteroatoms. The molecule has 0 saturated heterocycles. The van der Waals surface area contributed by atoms with E-state index in [1.165, 1.54) is 43.8 Å². The minimum absolute atomic E-state index is 0.222. The highest BCUT2D eigenvalue weighted by atomic mass is 15.1. The maximum atomic E-state index is 5.12. The van der Waals surface area contributed by atoms with E-state index in [2.05, 4.69) is 169 Å². The van der Waals surface area contributed by atoms with E-state index in [0.717, 1.165) is 34.5 Å². The Morgan fingerprint density at radius 3 is 2.30 bits per heavy atom. The summed E-state index contributed by atoms with van der Waals surface area (Å²) in [7, 11) is 0. The summed E-state index contributed by atoms with van der Waals surface area (Å²) in [6, 6.07) is 45.7. The average Bonchev–Trinajstić information content (AvgIpc) is 3.47. The lowest BCUT2D eigenvalue weighted by atomic mass is 9.86. The van der Waals surface area contributed by atoms with Gasteiger partial charge in [-0.05, 0) is 69.0 Å². The average molecular weight is 565 g/mol. The quantitative estimate of drug-likeness (QED) is 0.209. The molecule has 6 aromatic carbocycles. The summed E-state index contributed by atoms with van der Waals surface area (Å²) in [4.78, 5) is 5.12. The first-order valence-corrected chi connectivity index (χ1v) is 15.4. The predicted octanol–water partition coefficient (Wildman–Crippen LogP) is 10.8. The first-order valence-electron chi connectivity index (χ1n) is 15.4. The molecule has 0 aliphatic heterocycles. The van der Waals surface area contributed by atoms with Crippen molar-refractivity contribution in [2.24, 2.45) is 5.92 Å². The topological polar surface area (TPSA) is 17.8 Å². The predicted molar refractivity (Wildman–Crippen MR) is 187 cm³/mol. The molecular formula is C42H32N2. The molecule has 0 radical (unpaired) electrons. The summed E-state index contributed by atoms with van der Waals surface area (Å²) in [6.07, 6.45) is 12.3. The largest absolute Gasteiger partial charge is 0.292 e. The fourth-order valence-electron chi connectivity index (χ4n) is 6.72. The molecule has 1 atom stereocenters. The SMILES string of the molecule is CC1/C=C\C=C/Cc2c(ccc3ccccc23)/C=C\1c1ccc(-n2c(-c3ccccc3)nc3ccccc32)c2ccccc12. The molecule has 8 rings (SSSR count). The second-order valence-corrected chi connectivity index (χ2v) is 11.6. The van der Waals surface area contributed by atoms with Gasteiger partial charge in [0.1, 0.15) is 5.82 Å². The van der Waals surface area contributed by atoms with Gasteiger partial charge in [-0.3, -0.25) is 4.57 Å². The summed E-state index contributed by atoms with van der Waals surface area (Å²) in [5.74, 6) is 1.17. The maximum Gasteiger partial charge on any atom is 0.145 e. The molecule has 0 bridgehead atoms. The molecule has 1 aliphatic rings. The highest BCUT2D eigenvalue weighted by Crippen LogP contribution is 2.39. The highest BCUT2D eigenvalue weighted by molar-refractivity contribution is 6.04. The third-order valence-electron chi connectivity index (χ3n) is 8.89. The molecule has 0 fully saturated rings. The van der Waals surface area contributed by atoms with Gasteiger partial charge in [0.05, 0.1) is 16.7 Å². The van der Waals surface area contributed by atoms with E-state index in [0.29, 0.717) is 0 Å². The first kappa shape index (κ1) is 26.2. The van der Waals surface area contributed by atoms with E-state index in [-0.39, 0.29) is 5.92 Å². The van der Waals surface area contributed by atoms with Crippen LogP contribution in [0.4, 0.5) is 0 Å². The number of para-hydroxylation sites is 2. The Bertz CT molecular complexity index is 2260. The van der Waals surface area contributed by atoms with E-state index in [4.69, 9.17) is 4.98 Å². The Hall–Kier alpha value is -5.47. The van der Waals surface area contributed by atoms with Crippen LogP contribution in [-0.4, -0.2) is 9.55 Å². The number of nitrogens with zero attached hydrogens (tertiary/aromatic N) is 2. The highest BCUT2D eigenvalue weighted by Gasteiger charge is 2.20. The van der Waals surface area contributed by atoms with Crippen LogP contribution in [0.1, 0.15) is 23.6 Å². The molecule has 0 N–H and O–H groups in total. The zero-order valence-electron chi connectivity index (χ0n) is 24.7. The fraction of sp³-hybridized carbons (Fsp3) is 0.0714. The lowest BCUT2D eigenvalue weighted by Crippen LogP contribution is -2.02. The summed E-state index contributed by atoms with van der Waals surface area (Å²) in [6.45, 7) is 2.30. The van der Waals surface area contributed by atoms with Gasteiger partial charge in [0.15, 0.2) is 0 Å². The molecule has 1 unspecified atom stereocenters. The van der Waals surface area contributed by atoms with Crippen LogP contribution >= 0.6 is 0 Å². The van der Waals surface area contributed by atoms with Crippen molar-refractivity contribution in [3.63, 3.8) is 0 Å². The van der Waals surface area contributed by atoms with Crippen molar-refractivity contribution in [1.29, 1.82) is 0 Å². The molecule has 1 aromatic heterocycles. The second kappa shape index (κ2) is 11.0. The van der Waals surface area contributed by atoms with Gasteiger partial charge in [0, 0.05) is 10.9 Å². The van der Waals surface area contributed by atoms with Crippen LogP contribution in [0.5, 0.6) is 0 Å². The molecule has 210 valence electrons. The van der Waals surface area contributed by atoms with Gasteiger partial charge in [-0.2, -0.15) is 0 Å². The zero-order chi connectivity index (χ0) is 29.5. The third-order valence-corrected chi connectivity index (χ3v) is 8.89. The van der Waals surface area contributed by atoms with Gasteiger partial charge in [-0.15, -0.1) is 0 Å². The van der Waals surface area contributed by atoms with Crippen LogP contribution < -0.4 is 0 Å². The normalized spacial score (nSPS) is 17.7. The molecule has 0 amide bonds. The van der Waals surface area contributed by atoms with E-state index >= 15 is 0 Å². The fourth-order valence-corrected chi connectivity index (χ4v) is 6.72. The van der Waals surface area contributed by atoms with Crippen LogP contribution in [0.25, 0.3) is 61.3 Å². The second-order valence-electron chi connectivity index (χ2n) is 11.6. The van der Waals surface area contributed by atoms with Gasteiger partial charge >= 0.3 is 0 Å². The van der Waals surface area contributed by atoms with Crippen LogP contribution in [-0.2, 0) is 6.42 Å². The monoisotopic (exact) mass is 564 g/mol. The zero-order valence-corrected chi connectivity index (χ0v) is 24.7. The van der Waals surface area contributed by atoms with Crippen molar-refractivity contribution in [2.45, 2.75) is 13.3 Å². The Morgan fingerprint density at radius 2 is 1.41 bits per heavy atom. The van der Waals surface area contributed by atoms with E-state index < -0.39 is 0 Å². The molecule has 0 saturated carbocycles. The summed E-state index contributed by atoms with van der Waals surface area (Å²) >= 11 is 0. The smallest absolute Gasteiger partial charge is 0.145 e.